The summed E-state index contributed by atoms with van der Waals surface area (Å²) in [5.41, 5.74) is 0. The van der Waals surface area contributed by atoms with Crippen molar-refractivity contribution in [2.75, 3.05) is 19.8 Å². The highest BCUT2D eigenvalue weighted by Crippen LogP contribution is 2.16. The lowest BCUT2D eigenvalue weighted by Crippen LogP contribution is -2.48. The number of nitrogens with one attached hydrogen (secondary N) is 2. The third-order valence-corrected chi connectivity index (χ3v) is 6.01. The summed E-state index contributed by atoms with van der Waals surface area (Å²) in [6.07, 6.45) is 14.7. The zero-order chi connectivity index (χ0) is 24.3. The molecule has 0 aromatic heterocycles. The molecular weight excluding hydrogens is 420 g/mol. The number of hydrogen-bond acceptors (Lipinski definition) is 6. The number of hydrogen-bond donors (Lipinski definition) is 2. The molecule has 7 nitrogen and oxygen atoms in total. The average molecular weight is 471 g/mol. The maximum Gasteiger partial charge on any atom is 0.407 e. The van der Waals surface area contributed by atoms with Crippen LogP contribution in [0.3, 0.4) is 0 Å². The van der Waals surface area contributed by atoms with Crippen molar-refractivity contribution in [3.05, 3.63) is 0 Å². The molecule has 3 atom stereocenters. The minimum Gasteiger partial charge on any atom is -0.450 e. The summed E-state index contributed by atoms with van der Waals surface area (Å²) in [4.78, 5) is 23.5. The summed E-state index contributed by atoms with van der Waals surface area (Å²) < 4.78 is 16.1. The highest BCUT2D eigenvalue weighted by atomic mass is 16.7. The molecule has 0 saturated carbocycles. The predicted octanol–water partition coefficient (Wildman–Crippen LogP) is 5.71. The Bertz CT molecular complexity index is 515. The van der Waals surface area contributed by atoms with Gasteiger partial charge in [-0.1, -0.05) is 85.0 Å². The number of carbonyl (C=O) groups is 2. The standard InChI is InChI=1S/C26H50N2O5/c1-5-6-7-8-9-10-11-12-13-14-15-17-32-26(30)28-23(19-21(2)3)20-27-24-16-18-31-25(24)33-22(4)29/h21,23-25,27H,5-20H2,1-4H3,(H,28,30)/t23-,24+,25+/m1/s1. The van der Waals surface area contributed by atoms with Crippen molar-refractivity contribution >= 4 is 12.1 Å². The van der Waals surface area contributed by atoms with Crippen LogP contribution in [0.1, 0.15) is 111 Å². The normalized spacial score (nSPS) is 18.9. The molecule has 0 aromatic carbocycles. The molecule has 1 rings (SSSR count). The van der Waals surface area contributed by atoms with Crippen LogP contribution < -0.4 is 10.6 Å². The molecule has 0 aromatic rings. The lowest BCUT2D eigenvalue weighted by molar-refractivity contribution is -0.170. The SMILES string of the molecule is CCCCCCCCCCCCCOC(=O)N[C@@H](CN[C@H]1CCO[C@H]1OC(C)=O)CC(C)C. The number of alkyl carbamates (subject to hydrolysis) is 1. The molecule has 1 fully saturated rings. The van der Waals surface area contributed by atoms with E-state index in [1.165, 1.54) is 64.7 Å². The Labute approximate surface area is 202 Å². The van der Waals surface area contributed by atoms with Gasteiger partial charge in [-0.2, -0.15) is 0 Å². The van der Waals surface area contributed by atoms with Crippen molar-refractivity contribution < 1.29 is 23.8 Å². The number of rotatable bonds is 19. The first-order chi connectivity index (χ1) is 15.9. The van der Waals surface area contributed by atoms with Crippen LogP contribution in [0.15, 0.2) is 0 Å². The molecule has 2 N–H and O–H groups in total. The van der Waals surface area contributed by atoms with Gasteiger partial charge in [0.05, 0.1) is 19.3 Å². The summed E-state index contributed by atoms with van der Waals surface area (Å²) in [5.74, 6) is 0.0874. The second-order valence-corrected chi connectivity index (χ2v) is 9.79. The van der Waals surface area contributed by atoms with Crippen LogP contribution in [0, 0.1) is 5.92 Å². The van der Waals surface area contributed by atoms with E-state index in [0.717, 1.165) is 25.7 Å². The van der Waals surface area contributed by atoms with Gasteiger partial charge in [0, 0.05) is 19.5 Å². The van der Waals surface area contributed by atoms with E-state index in [-0.39, 0.29) is 24.1 Å². The van der Waals surface area contributed by atoms with Crippen LogP contribution in [0.2, 0.25) is 0 Å². The molecular formula is C26H50N2O5. The monoisotopic (exact) mass is 470 g/mol. The lowest BCUT2D eigenvalue weighted by Gasteiger charge is -2.25. The predicted molar refractivity (Wildman–Crippen MR) is 132 cm³/mol. The fraction of sp³-hybridized carbons (Fsp3) is 0.923. The zero-order valence-electron chi connectivity index (χ0n) is 21.7. The van der Waals surface area contributed by atoms with E-state index in [1.807, 2.05) is 0 Å². The van der Waals surface area contributed by atoms with E-state index in [4.69, 9.17) is 14.2 Å². The van der Waals surface area contributed by atoms with Gasteiger partial charge in [0.25, 0.3) is 0 Å². The fourth-order valence-corrected chi connectivity index (χ4v) is 4.24. The Kier molecular flexibility index (Phi) is 17.1. The van der Waals surface area contributed by atoms with Gasteiger partial charge in [-0.15, -0.1) is 0 Å². The van der Waals surface area contributed by atoms with Crippen molar-refractivity contribution in [2.45, 2.75) is 130 Å². The van der Waals surface area contributed by atoms with E-state index in [1.54, 1.807) is 0 Å². The Morgan fingerprint density at radius 3 is 2.15 bits per heavy atom. The molecule has 1 amide bonds. The molecule has 7 heteroatoms. The number of ether oxygens (including phenoxy) is 3. The van der Waals surface area contributed by atoms with Crippen LogP contribution >= 0.6 is 0 Å². The first-order valence-corrected chi connectivity index (χ1v) is 13.4. The molecule has 1 aliphatic rings. The summed E-state index contributed by atoms with van der Waals surface area (Å²) in [6, 6.07) is -0.105. The Hall–Kier alpha value is -1.34. The van der Waals surface area contributed by atoms with Gasteiger partial charge in [-0.3, -0.25) is 4.79 Å². The molecule has 0 unspecified atom stereocenters. The lowest BCUT2D eigenvalue weighted by atomic mass is 10.0. The quantitative estimate of drug-likeness (QED) is 0.186. The van der Waals surface area contributed by atoms with Crippen LogP contribution in [-0.2, 0) is 19.0 Å². The molecule has 0 spiro atoms. The largest absolute Gasteiger partial charge is 0.450 e. The second kappa shape index (κ2) is 19.0. The van der Waals surface area contributed by atoms with Gasteiger partial charge in [0.2, 0.25) is 6.29 Å². The minimum absolute atomic E-state index is 0.0478. The van der Waals surface area contributed by atoms with Crippen LogP contribution in [-0.4, -0.2) is 50.2 Å². The molecule has 33 heavy (non-hydrogen) atoms. The first-order valence-electron chi connectivity index (χ1n) is 13.4. The highest BCUT2D eigenvalue weighted by molar-refractivity contribution is 5.67. The summed E-state index contributed by atoms with van der Waals surface area (Å²) in [6.45, 7) is 9.50. The van der Waals surface area contributed by atoms with Crippen molar-refractivity contribution in [3.63, 3.8) is 0 Å². The highest BCUT2D eigenvalue weighted by Gasteiger charge is 2.31. The van der Waals surface area contributed by atoms with E-state index in [9.17, 15) is 9.59 Å². The number of esters is 1. The van der Waals surface area contributed by atoms with Crippen molar-refractivity contribution in [1.29, 1.82) is 0 Å². The maximum absolute atomic E-state index is 12.3. The summed E-state index contributed by atoms with van der Waals surface area (Å²) in [7, 11) is 0. The third kappa shape index (κ3) is 16.0. The second-order valence-electron chi connectivity index (χ2n) is 9.79. The van der Waals surface area contributed by atoms with Gasteiger partial charge in [-0.05, 0) is 25.2 Å². The van der Waals surface area contributed by atoms with Gasteiger partial charge >= 0.3 is 12.1 Å². The van der Waals surface area contributed by atoms with Gasteiger partial charge in [-0.25, -0.2) is 4.79 Å². The number of amides is 1. The van der Waals surface area contributed by atoms with Gasteiger partial charge in [0.1, 0.15) is 0 Å². The topological polar surface area (TPSA) is 85.9 Å². The molecule has 0 bridgehead atoms. The molecule has 1 heterocycles. The van der Waals surface area contributed by atoms with Gasteiger partial charge in [0.15, 0.2) is 0 Å². The molecule has 1 saturated heterocycles. The van der Waals surface area contributed by atoms with Crippen LogP contribution in [0.25, 0.3) is 0 Å². The van der Waals surface area contributed by atoms with Crippen LogP contribution in [0.4, 0.5) is 4.79 Å². The fourth-order valence-electron chi connectivity index (χ4n) is 4.24. The van der Waals surface area contributed by atoms with Crippen LogP contribution in [0.5, 0.6) is 0 Å². The summed E-state index contributed by atoms with van der Waals surface area (Å²) >= 11 is 0. The van der Waals surface area contributed by atoms with E-state index >= 15 is 0 Å². The third-order valence-electron chi connectivity index (χ3n) is 6.01. The summed E-state index contributed by atoms with van der Waals surface area (Å²) in [5, 5.41) is 6.39. The molecule has 1 aliphatic heterocycles. The zero-order valence-corrected chi connectivity index (χ0v) is 21.7. The van der Waals surface area contributed by atoms with Crippen molar-refractivity contribution in [1.82, 2.24) is 10.6 Å². The minimum atomic E-state index is -0.560. The first kappa shape index (κ1) is 29.7. The average Bonchev–Trinajstić information content (AvgIpc) is 3.18. The van der Waals surface area contributed by atoms with E-state index in [2.05, 4.69) is 31.4 Å². The van der Waals surface area contributed by atoms with E-state index in [0.29, 0.717) is 25.7 Å². The van der Waals surface area contributed by atoms with E-state index < -0.39 is 6.29 Å². The Morgan fingerprint density at radius 2 is 1.58 bits per heavy atom. The smallest absolute Gasteiger partial charge is 0.407 e. The van der Waals surface area contributed by atoms with Crippen molar-refractivity contribution in [2.24, 2.45) is 5.92 Å². The molecule has 194 valence electrons. The molecule has 0 aliphatic carbocycles. The Morgan fingerprint density at radius 1 is 0.970 bits per heavy atom. The van der Waals surface area contributed by atoms with Gasteiger partial charge < -0.3 is 24.8 Å². The number of carbonyl (C=O) groups excluding carboxylic acids is 2. The maximum atomic E-state index is 12.3. The molecule has 0 radical (unpaired) electrons. The van der Waals surface area contributed by atoms with Crippen molar-refractivity contribution in [3.8, 4) is 0 Å². The number of unbranched alkanes of at least 4 members (excludes halogenated alkanes) is 10. The Balaban J connectivity index is 2.14.